The number of hydrogen-bond donors (Lipinski definition) is 1. The van der Waals surface area contributed by atoms with Crippen molar-refractivity contribution in [3.63, 3.8) is 0 Å². The van der Waals surface area contributed by atoms with Crippen LogP contribution < -0.4 is 0 Å². The van der Waals surface area contributed by atoms with Crippen LogP contribution in [0.2, 0.25) is 0 Å². The molecule has 1 saturated heterocycles. The van der Waals surface area contributed by atoms with Gasteiger partial charge in [0.15, 0.2) is 0 Å². The quantitative estimate of drug-likeness (QED) is 0.695. The Hall–Kier alpha value is -0.0800. The Balaban J connectivity index is 2.39. The van der Waals surface area contributed by atoms with E-state index < -0.39 is 0 Å². The molecule has 0 saturated carbocycles. The van der Waals surface area contributed by atoms with Crippen molar-refractivity contribution < 1.29 is 5.11 Å². The largest absolute Gasteiger partial charge is 0.396 e. The van der Waals surface area contributed by atoms with Crippen LogP contribution in [0.5, 0.6) is 0 Å². The normalized spacial score (nSPS) is 32.2. The average molecular weight is 171 g/mol. The summed E-state index contributed by atoms with van der Waals surface area (Å²) in [4.78, 5) is 2.47. The molecule has 72 valence electrons. The predicted octanol–water partition coefficient (Wildman–Crippen LogP) is 1.49. The minimum absolute atomic E-state index is 0.174. The number of aliphatic hydroxyl groups is 1. The first-order valence-corrected chi connectivity index (χ1v) is 5.03. The second-order valence-corrected chi connectivity index (χ2v) is 4.35. The van der Waals surface area contributed by atoms with Gasteiger partial charge in [-0.1, -0.05) is 13.8 Å². The lowest BCUT2D eigenvalue weighted by molar-refractivity contribution is 0.0468. The molecule has 1 rings (SSSR count). The molecule has 2 heteroatoms. The van der Waals surface area contributed by atoms with E-state index in [0.29, 0.717) is 6.61 Å². The standard InChI is InChI=1S/C10H21NO/c1-3-6-11-7-4-5-10(2,8-11)9-12/h12H,3-9H2,1-2H3. The van der Waals surface area contributed by atoms with E-state index in [1.54, 1.807) is 0 Å². The van der Waals surface area contributed by atoms with E-state index in [1.165, 1.54) is 32.4 Å². The van der Waals surface area contributed by atoms with Crippen LogP contribution in [-0.4, -0.2) is 36.2 Å². The predicted molar refractivity (Wildman–Crippen MR) is 51.2 cm³/mol. The number of rotatable bonds is 3. The van der Waals surface area contributed by atoms with E-state index in [2.05, 4.69) is 18.7 Å². The topological polar surface area (TPSA) is 23.5 Å². The molecule has 0 amide bonds. The number of likely N-dealkylation sites (tertiary alicyclic amines) is 1. The van der Waals surface area contributed by atoms with Crippen molar-refractivity contribution in [2.45, 2.75) is 33.1 Å². The third kappa shape index (κ3) is 2.46. The van der Waals surface area contributed by atoms with Gasteiger partial charge in [0, 0.05) is 18.6 Å². The Bertz CT molecular complexity index is 136. The molecule has 1 atom stereocenters. The lowest BCUT2D eigenvalue weighted by Crippen LogP contribution is -2.43. The van der Waals surface area contributed by atoms with Crippen molar-refractivity contribution in [3.8, 4) is 0 Å². The monoisotopic (exact) mass is 171 g/mol. The van der Waals surface area contributed by atoms with Gasteiger partial charge in [0.1, 0.15) is 0 Å². The lowest BCUT2D eigenvalue weighted by atomic mass is 9.83. The molecule has 12 heavy (non-hydrogen) atoms. The van der Waals surface area contributed by atoms with Crippen LogP contribution >= 0.6 is 0 Å². The molecule has 1 fully saturated rings. The molecule has 1 unspecified atom stereocenters. The minimum atomic E-state index is 0.174. The van der Waals surface area contributed by atoms with Crippen LogP contribution in [0.3, 0.4) is 0 Å². The number of nitrogens with zero attached hydrogens (tertiary/aromatic N) is 1. The van der Waals surface area contributed by atoms with E-state index in [-0.39, 0.29) is 5.41 Å². The highest BCUT2D eigenvalue weighted by atomic mass is 16.3. The van der Waals surface area contributed by atoms with Gasteiger partial charge in [0.2, 0.25) is 0 Å². The highest BCUT2D eigenvalue weighted by Crippen LogP contribution is 2.28. The maximum Gasteiger partial charge on any atom is 0.0497 e. The van der Waals surface area contributed by atoms with Crippen molar-refractivity contribution in [1.29, 1.82) is 0 Å². The molecule has 1 aliphatic rings. The van der Waals surface area contributed by atoms with Crippen LogP contribution in [-0.2, 0) is 0 Å². The molecule has 0 spiro atoms. The summed E-state index contributed by atoms with van der Waals surface area (Å²) >= 11 is 0. The zero-order chi connectivity index (χ0) is 9.03. The zero-order valence-electron chi connectivity index (χ0n) is 8.34. The zero-order valence-corrected chi connectivity index (χ0v) is 8.34. The number of aliphatic hydroxyl groups excluding tert-OH is 1. The maximum atomic E-state index is 9.21. The van der Waals surface area contributed by atoms with Crippen molar-refractivity contribution in [2.24, 2.45) is 5.41 Å². The fourth-order valence-electron chi connectivity index (χ4n) is 2.06. The molecule has 1 heterocycles. The molecule has 0 bridgehead atoms. The molecule has 0 aliphatic carbocycles. The van der Waals surface area contributed by atoms with Gasteiger partial charge in [-0.15, -0.1) is 0 Å². The second-order valence-electron chi connectivity index (χ2n) is 4.35. The lowest BCUT2D eigenvalue weighted by Gasteiger charge is -2.39. The summed E-state index contributed by atoms with van der Waals surface area (Å²) < 4.78 is 0. The molecule has 0 radical (unpaired) electrons. The van der Waals surface area contributed by atoms with Crippen molar-refractivity contribution in [2.75, 3.05) is 26.2 Å². The summed E-state index contributed by atoms with van der Waals surface area (Å²) in [7, 11) is 0. The molecule has 1 aliphatic heterocycles. The first kappa shape index (κ1) is 10.0. The maximum absolute atomic E-state index is 9.21. The van der Waals surface area contributed by atoms with Gasteiger partial charge >= 0.3 is 0 Å². The number of piperidine rings is 1. The van der Waals surface area contributed by atoms with Gasteiger partial charge in [-0.05, 0) is 32.4 Å². The van der Waals surface area contributed by atoms with Crippen LogP contribution in [0.1, 0.15) is 33.1 Å². The number of hydrogen-bond acceptors (Lipinski definition) is 2. The second kappa shape index (κ2) is 4.24. The summed E-state index contributed by atoms with van der Waals surface area (Å²) in [6.07, 6.45) is 3.66. The third-order valence-electron chi connectivity index (χ3n) is 2.78. The van der Waals surface area contributed by atoms with E-state index in [4.69, 9.17) is 0 Å². The van der Waals surface area contributed by atoms with Gasteiger partial charge < -0.3 is 10.0 Å². The highest BCUT2D eigenvalue weighted by Gasteiger charge is 2.29. The van der Waals surface area contributed by atoms with Gasteiger partial charge in [0.05, 0.1) is 0 Å². The Morgan fingerprint density at radius 2 is 2.25 bits per heavy atom. The van der Waals surface area contributed by atoms with Gasteiger partial charge in [-0.2, -0.15) is 0 Å². The fourth-order valence-corrected chi connectivity index (χ4v) is 2.06. The summed E-state index contributed by atoms with van der Waals surface area (Å²) in [6, 6.07) is 0. The fraction of sp³-hybridized carbons (Fsp3) is 1.00. The van der Waals surface area contributed by atoms with Crippen LogP contribution in [0.4, 0.5) is 0 Å². The van der Waals surface area contributed by atoms with E-state index >= 15 is 0 Å². The van der Waals surface area contributed by atoms with Crippen molar-refractivity contribution in [3.05, 3.63) is 0 Å². The molecule has 1 N–H and O–H groups in total. The van der Waals surface area contributed by atoms with Gasteiger partial charge in [-0.3, -0.25) is 0 Å². The Morgan fingerprint density at radius 3 is 2.83 bits per heavy atom. The van der Waals surface area contributed by atoms with E-state index in [9.17, 15) is 5.11 Å². The van der Waals surface area contributed by atoms with Crippen LogP contribution in [0, 0.1) is 5.41 Å². The molecule has 0 aromatic rings. The molecular formula is C10H21NO. The molecule has 2 nitrogen and oxygen atoms in total. The van der Waals surface area contributed by atoms with E-state index in [1.807, 2.05) is 0 Å². The molecule has 0 aromatic heterocycles. The van der Waals surface area contributed by atoms with E-state index in [0.717, 1.165) is 6.54 Å². The summed E-state index contributed by atoms with van der Waals surface area (Å²) in [5, 5.41) is 9.21. The summed E-state index contributed by atoms with van der Waals surface area (Å²) in [5.74, 6) is 0. The average Bonchev–Trinajstić information content (AvgIpc) is 2.05. The first-order chi connectivity index (χ1) is 5.70. The van der Waals surface area contributed by atoms with Crippen LogP contribution in [0.15, 0.2) is 0 Å². The van der Waals surface area contributed by atoms with Crippen molar-refractivity contribution >= 4 is 0 Å². The molecular weight excluding hydrogens is 150 g/mol. The van der Waals surface area contributed by atoms with Gasteiger partial charge in [0.25, 0.3) is 0 Å². The Labute approximate surface area is 75.6 Å². The summed E-state index contributed by atoms with van der Waals surface area (Å²) in [6.45, 7) is 8.24. The Morgan fingerprint density at radius 1 is 1.50 bits per heavy atom. The van der Waals surface area contributed by atoms with Crippen LogP contribution in [0.25, 0.3) is 0 Å². The SMILES string of the molecule is CCCN1CCCC(C)(CO)C1. The Kier molecular flexibility index (Phi) is 3.53. The smallest absolute Gasteiger partial charge is 0.0497 e. The third-order valence-corrected chi connectivity index (χ3v) is 2.78. The van der Waals surface area contributed by atoms with Gasteiger partial charge in [-0.25, -0.2) is 0 Å². The minimum Gasteiger partial charge on any atom is -0.396 e. The first-order valence-electron chi connectivity index (χ1n) is 5.03. The molecule has 0 aromatic carbocycles. The van der Waals surface area contributed by atoms with Crippen molar-refractivity contribution in [1.82, 2.24) is 4.90 Å². The summed E-state index contributed by atoms with van der Waals surface area (Å²) in [5.41, 5.74) is 0.174. The highest BCUT2D eigenvalue weighted by molar-refractivity contribution is 4.82.